The fourth-order valence-corrected chi connectivity index (χ4v) is 1.66. The first-order valence-electron chi connectivity index (χ1n) is 5.19. The van der Waals surface area contributed by atoms with Crippen LogP contribution in [0.5, 0.6) is 0 Å². The summed E-state index contributed by atoms with van der Waals surface area (Å²) >= 11 is 2.00. The largest absolute Gasteiger partial charge is 0.385 e. The summed E-state index contributed by atoms with van der Waals surface area (Å²) in [6.45, 7) is 5.43. The van der Waals surface area contributed by atoms with Gasteiger partial charge in [-0.25, -0.2) is 0 Å². The number of rotatable bonds is 10. The number of ether oxygens (including phenoxy) is 1. The van der Waals surface area contributed by atoms with Crippen LogP contribution in [0.15, 0.2) is 0 Å². The minimum absolute atomic E-state index is 0.908. The molecular formula is C10H23NOS. The quantitative estimate of drug-likeness (QED) is 0.552. The predicted molar refractivity (Wildman–Crippen MR) is 61.6 cm³/mol. The van der Waals surface area contributed by atoms with Gasteiger partial charge in [0.25, 0.3) is 0 Å². The Balaban J connectivity index is 2.76. The van der Waals surface area contributed by atoms with Gasteiger partial charge in [0.1, 0.15) is 0 Å². The van der Waals surface area contributed by atoms with Crippen LogP contribution in [-0.4, -0.2) is 38.3 Å². The molecule has 0 heterocycles. The van der Waals surface area contributed by atoms with Gasteiger partial charge in [-0.2, -0.15) is 11.8 Å². The van der Waals surface area contributed by atoms with E-state index in [1.54, 1.807) is 7.11 Å². The first-order chi connectivity index (χ1) is 6.41. The van der Waals surface area contributed by atoms with Crippen molar-refractivity contribution >= 4 is 11.8 Å². The standard InChI is InChI=1S/C10H23NOS/c1-3-13-10-8-11-7-5-4-6-9-12-2/h11H,3-10H2,1-2H3. The van der Waals surface area contributed by atoms with Gasteiger partial charge in [0, 0.05) is 26.0 Å². The third-order valence-electron chi connectivity index (χ3n) is 1.83. The van der Waals surface area contributed by atoms with Crippen LogP contribution >= 0.6 is 11.8 Å². The second-order valence-electron chi connectivity index (χ2n) is 3.00. The van der Waals surface area contributed by atoms with Crippen LogP contribution in [0.4, 0.5) is 0 Å². The lowest BCUT2D eigenvalue weighted by atomic mass is 10.2. The lowest BCUT2D eigenvalue weighted by Crippen LogP contribution is -2.18. The molecule has 0 radical (unpaired) electrons. The molecule has 0 saturated carbocycles. The monoisotopic (exact) mass is 205 g/mol. The molecule has 13 heavy (non-hydrogen) atoms. The fourth-order valence-electron chi connectivity index (χ4n) is 1.09. The van der Waals surface area contributed by atoms with Gasteiger partial charge in [0.15, 0.2) is 0 Å². The first-order valence-corrected chi connectivity index (χ1v) is 6.34. The second kappa shape index (κ2) is 12.3. The normalized spacial score (nSPS) is 10.6. The molecule has 3 heteroatoms. The van der Waals surface area contributed by atoms with Crippen molar-refractivity contribution in [2.75, 3.05) is 38.3 Å². The summed E-state index contributed by atoms with van der Waals surface area (Å²) in [5, 5.41) is 3.44. The Bertz CT molecular complexity index is 81.0. The van der Waals surface area contributed by atoms with Crippen LogP contribution in [0.25, 0.3) is 0 Å². The van der Waals surface area contributed by atoms with Crippen molar-refractivity contribution in [3.63, 3.8) is 0 Å². The molecule has 0 bridgehead atoms. The maximum Gasteiger partial charge on any atom is 0.0462 e. The number of hydrogen-bond donors (Lipinski definition) is 1. The van der Waals surface area contributed by atoms with Crippen molar-refractivity contribution in [2.24, 2.45) is 0 Å². The zero-order chi connectivity index (χ0) is 9.78. The highest BCUT2D eigenvalue weighted by Gasteiger charge is 1.89. The van der Waals surface area contributed by atoms with Crippen LogP contribution in [0.1, 0.15) is 26.2 Å². The Morgan fingerprint density at radius 3 is 2.69 bits per heavy atom. The van der Waals surface area contributed by atoms with Crippen molar-refractivity contribution < 1.29 is 4.74 Å². The van der Waals surface area contributed by atoms with Crippen LogP contribution in [0, 0.1) is 0 Å². The maximum atomic E-state index is 4.98. The predicted octanol–water partition coefficient (Wildman–Crippen LogP) is 2.15. The highest BCUT2D eigenvalue weighted by atomic mass is 32.2. The van der Waals surface area contributed by atoms with Crippen molar-refractivity contribution in [3.05, 3.63) is 0 Å². The number of thioether (sulfide) groups is 1. The van der Waals surface area contributed by atoms with Crippen LogP contribution in [-0.2, 0) is 4.74 Å². The molecule has 0 saturated heterocycles. The lowest BCUT2D eigenvalue weighted by molar-refractivity contribution is 0.192. The molecule has 0 aliphatic carbocycles. The molecule has 2 nitrogen and oxygen atoms in total. The molecule has 80 valence electrons. The Hall–Kier alpha value is 0.270. The zero-order valence-corrected chi connectivity index (χ0v) is 9.79. The van der Waals surface area contributed by atoms with Gasteiger partial charge in [-0.3, -0.25) is 0 Å². The highest BCUT2D eigenvalue weighted by Crippen LogP contribution is 1.96. The van der Waals surface area contributed by atoms with E-state index in [1.165, 1.54) is 30.8 Å². The molecule has 0 atom stereocenters. The van der Waals surface area contributed by atoms with Gasteiger partial charge in [-0.1, -0.05) is 6.92 Å². The zero-order valence-electron chi connectivity index (χ0n) is 8.97. The van der Waals surface area contributed by atoms with Crippen molar-refractivity contribution in [3.8, 4) is 0 Å². The average molecular weight is 205 g/mol. The van der Waals surface area contributed by atoms with E-state index in [-0.39, 0.29) is 0 Å². The van der Waals surface area contributed by atoms with Gasteiger partial charge in [-0.15, -0.1) is 0 Å². The summed E-state index contributed by atoms with van der Waals surface area (Å²) in [4.78, 5) is 0. The van der Waals surface area contributed by atoms with E-state index in [2.05, 4.69) is 12.2 Å². The van der Waals surface area contributed by atoms with E-state index in [0.717, 1.165) is 19.7 Å². The fraction of sp³-hybridized carbons (Fsp3) is 1.00. The minimum Gasteiger partial charge on any atom is -0.385 e. The van der Waals surface area contributed by atoms with Gasteiger partial charge in [0.2, 0.25) is 0 Å². The maximum absolute atomic E-state index is 4.98. The first kappa shape index (κ1) is 13.3. The Morgan fingerprint density at radius 2 is 2.00 bits per heavy atom. The molecule has 1 N–H and O–H groups in total. The number of unbranched alkanes of at least 4 members (excludes halogenated alkanes) is 2. The molecule has 0 amide bonds. The topological polar surface area (TPSA) is 21.3 Å². The van der Waals surface area contributed by atoms with Gasteiger partial charge in [0.05, 0.1) is 0 Å². The van der Waals surface area contributed by atoms with E-state index in [4.69, 9.17) is 4.74 Å². The van der Waals surface area contributed by atoms with Crippen LogP contribution < -0.4 is 5.32 Å². The molecular weight excluding hydrogens is 182 g/mol. The van der Waals surface area contributed by atoms with E-state index in [0.29, 0.717) is 0 Å². The third kappa shape index (κ3) is 12.3. The van der Waals surface area contributed by atoms with Gasteiger partial charge < -0.3 is 10.1 Å². The van der Waals surface area contributed by atoms with E-state index in [9.17, 15) is 0 Å². The SMILES string of the molecule is CCSCCNCCCCCOC. The molecule has 0 spiro atoms. The summed E-state index contributed by atoms with van der Waals surface area (Å²) in [5.74, 6) is 2.48. The van der Waals surface area contributed by atoms with Crippen molar-refractivity contribution in [2.45, 2.75) is 26.2 Å². The smallest absolute Gasteiger partial charge is 0.0462 e. The summed E-state index contributed by atoms with van der Waals surface area (Å²) in [6, 6.07) is 0. The Kier molecular flexibility index (Phi) is 12.5. The Labute approximate surface area is 86.8 Å². The molecule has 0 aromatic heterocycles. The molecule has 0 unspecified atom stereocenters. The summed E-state index contributed by atoms with van der Waals surface area (Å²) in [7, 11) is 1.76. The van der Waals surface area contributed by atoms with Gasteiger partial charge >= 0.3 is 0 Å². The lowest BCUT2D eigenvalue weighted by Gasteiger charge is -2.03. The molecule has 0 aliphatic heterocycles. The number of hydrogen-bond acceptors (Lipinski definition) is 3. The molecule has 0 aliphatic rings. The molecule has 0 fully saturated rings. The molecule has 0 aromatic carbocycles. The number of nitrogens with one attached hydrogen (secondary N) is 1. The van der Waals surface area contributed by atoms with Crippen molar-refractivity contribution in [1.82, 2.24) is 5.32 Å². The average Bonchev–Trinajstić information content (AvgIpc) is 2.16. The highest BCUT2D eigenvalue weighted by molar-refractivity contribution is 7.99. The third-order valence-corrected chi connectivity index (χ3v) is 2.73. The summed E-state index contributed by atoms with van der Waals surface area (Å²) in [5.41, 5.74) is 0. The Morgan fingerprint density at radius 1 is 1.15 bits per heavy atom. The molecule has 0 aromatic rings. The van der Waals surface area contributed by atoms with Crippen molar-refractivity contribution in [1.29, 1.82) is 0 Å². The van der Waals surface area contributed by atoms with E-state index in [1.807, 2.05) is 11.8 Å². The number of methoxy groups -OCH3 is 1. The van der Waals surface area contributed by atoms with Crippen LogP contribution in [0.3, 0.4) is 0 Å². The van der Waals surface area contributed by atoms with Crippen LogP contribution in [0.2, 0.25) is 0 Å². The van der Waals surface area contributed by atoms with Gasteiger partial charge in [-0.05, 0) is 31.6 Å². The summed E-state index contributed by atoms with van der Waals surface area (Å²) < 4.78 is 4.98. The van der Waals surface area contributed by atoms with E-state index >= 15 is 0 Å². The van der Waals surface area contributed by atoms with E-state index < -0.39 is 0 Å². The minimum atomic E-state index is 0.908. The second-order valence-corrected chi connectivity index (χ2v) is 4.39. The molecule has 0 rings (SSSR count). The summed E-state index contributed by atoms with van der Waals surface area (Å²) in [6.07, 6.45) is 3.75.